The number of hydrogen-bond donors (Lipinski definition) is 2. The number of amides is 2. The molecule has 0 bridgehead atoms. The highest BCUT2D eigenvalue weighted by Gasteiger charge is 2.30. The van der Waals surface area contributed by atoms with Crippen LogP contribution in [0.3, 0.4) is 0 Å². The van der Waals surface area contributed by atoms with Crippen molar-refractivity contribution in [2.75, 3.05) is 13.1 Å². The topological polar surface area (TPSA) is 58.4 Å². The number of rotatable bonds is 1. The van der Waals surface area contributed by atoms with E-state index in [1.807, 2.05) is 4.90 Å². The molecule has 5 heteroatoms. The van der Waals surface area contributed by atoms with Gasteiger partial charge in [0.25, 0.3) is 0 Å². The Balaban J connectivity index is 0.000000980. The standard InChI is InChI=1S/C9H17N3O.ClH/c10-7-1-3-8(4-2-7)12-6-5-11-9(12)13;/h7-8H,1-6,10H2,(H,11,13);1H/t7-,8-;. The minimum Gasteiger partial charge on any atom is -0.336 e. The van der Waals surface area contributed by atoms with Gasteiger partial charge >= 0.3 is 6.03 Å². The second-order valence-electron chi connectivity index (χ2n) is 3.99. The Morgan fingerprint density at radius 1 is 1.29 bits per heavy atom. The van der Waals surface area contributed by atoms with Gasteiger partial charge in [0, 0.05) is 25.2 Å². The molecule has 2 fully saturated rings. The van der Waals surface area contributed by atoms with Crippen molar-refractivity contribution in [3.8, 4) is 0 Å². The first kappa shape index (κ1) is 11.6. The number of carbonyl (C=O) groups excluding carboxylic acids is 1. The van der Waals surface area contributed by atoms with Crippen molar-refractivity contribution in [3.63, 3.8) is 0 Å². The van der Waals surface area contributed by atoms with Crippen LogP contribution in [0.15, 0.2) is 0 Å². The van der Waals surface area contributed by atoms with E-state index in [-0.39, 0.29) is 18.4 Å². The third-order valence-corrected chi connectivity index (χ3v) is 3.07. The highest BCUT2D eigenvalue weighted by Crippen LogP contribution is 2.22. The summed E-state index contributed by atoms with van der Waals surface area (Å²) in [7, 11) is 0. The van der Waals surface area contributed by atoms with Gasteiger partial charge in [-0.15, -0.1) is 12.4 Å². The van der Waals surface area contributed by atoms with E-state index in [1.54, 1.807) is 0 Å². The number of hydrogen-bond acceptors (Lipinski definition) is 2. The van der Waals surface area contributed by atoms with E-state index < -0.39 is 0 Å². The van der Waals surface area contributed by atoms with E-state index in [2.05, 4.69) is 5.32 Å². The lowest BCUT2D eigenvalue weighted by molar-refractivity contribution is 0.175. The van der Waals surface area contributed by atoms with Gasteiger partial charge in [-0.2, -0.15) is 0 Å². The summed E-state index contributed by atoms with van der Waals surface area (Å²) < 4.78 is 0. The zero-order valence-electron chi connectivity index (χ0n) is 8.24. The van der Waals surface area contributed by atoms with Crippen LogP contribution in [0.4, 0.5) is 4.79 Å². The Kier molecular flexibility index (Phi) is 4.01. The van der Waals surface area contributed by atoms with Gasteiger partial charge in [-0.1, -0.05) is 0 Å². The second kappa shape index (κ2) is 4.84. The Morgan fingerprint density at radius 2 is 1.93 bits per heavy atom. The van der Waals surface area contributed by atoms with Gasteiger partial charge in [-0.25, -0.2) is 4.79 Å². The van der Waals surface area contributed by atoms with Crippen LogP contribution in [0.25, 0.3) is 0 Å². The molecule has 0 unspecified atom stereocenters. The van der Waals surface area contributed by atoms with E-state index in [1.165, 1.54) is 0 Å². The summed E-state index contributed by atoms with van der Waals surface area (Å²) in [5.74, 6) is 0. The molecule has 14 heavy (non-hydrogen) atoms. The van der Waals surface area contributed by atoms with E-state index in [9.17, 15) is 4.79 Å². The van der Waals surface area contributed by atoms with Gasteiger partial charge in [-0.3, -0.25) is 0 Å². The molecule has 3 N–H and O–H groups in total. The van der Waals surface area contributed by atoms with Crippen LogP contribution >= 0.6 is 12.4 Å². The molecule has 0 spiro atoms. The first-order valence-electron chi connectivity index (χ1n) is 5.07. The highest BCUT2D eigenvalue weighted by atomic mass is 35.5. The molecule has 2 aliphatic rings. The van der Waals surface area contributed by atoms with E-state index >= 15 is 0 Å². The third-order valence-electron chi connectivity index (χ3n) is 3.07. The molecule has 2 rings (SSSR count). The Morgan fingerprint density at radius 3 is 2.43 bits per heavy atom. The van der Waals surface area contributed by atoms with Crippen molar-refractivity contribution in [3.05, 3.63) is 0 Å². The van der Waals surface area contributed by atoms with Gasteiger partial charge in [0.2, 0.25) is 0 Å². The average Bonchev–Trinajstić information content (AvgIpc) is 2.53. The molecule has 1 heterocycles. The summed E-state index contributed by atoms with van der Waals surface area (Å²) in [6.07, 6.45) is 4.28. The molecule has 1 aliphatic heterocycles. The lowest BCUT2D eigenvalue weighted by Gasteiger charge is -2.32. The van der Waals surface area contributed by atoms with E-state index in [0.29, 0.717) is 12.1 Å². The smallest absolute Gasteiger partial charge is 0.317 e. The zero-order chi connectivity index (χ0) is 9.26. The fourth-order valence-corrected chi connectivity index (χ4v) is 2.25. The second-order valence-corrected chi connectivity index (χ2v) is 3.99. The maximum absolute atomic E-state index is 11.3. The molecule has 1 aliphatic carbocycles. The number of urea groups is 1. The largest absolute Gasteiger partial charge is 0.336 e. The van der Waals surface area contributed by atoms with Crippen LogP contribution in [0, 0.1) is 0 Å². The van der Waals surface area contributed by atoms with Crippen molar-refractivity contribution >= 4 is 18.4 Å². The number of nitrogens with zero attached hydrogens (tertiary/aromatic N) is 1. The number of carbonyl (C=O) groups is 1. The SMILES string of the molecule is Cl.N[C@H]1CC[C@H](N2CCNC2=O)CC1. The summed E-state index contributed by atoms with van der Waals surface area (Å²) in [4.78, 5) is 13.3. The summed E-state index contributed by atoms with van der Waals surface area (Å²) in [6.45, 7) is 1.68. The summed E-state index contributed by atoms with van der Waals surface area (Å²) >= 11 is 0. The first-order chi connectivity index (χ1) is 6.27. The summed E-state index contributed by atoms with van der Waals surface area (Å²) in [5.41, 5.74) is 5.81. The molecular weight excluding hydrogens is 202 g/mol. The van der Waals surface area contributed by atoms with Crippen LogP contribution in [0.5, 0.6) is 0 Å². The van der Waals surface area contributed by atoms with Crippen LogP contribution in [0.2, 0.25) is 0 Å². The van der Waals surface area contributed by atoms with Crippen molar-refractivity contribution in [2.45, 2.75) is 37.8 Å². The monoisotopic (exact) mass is 219 g/mol. The van der Waals surface area contributed by atoms with Crippen molar-refractivity contribution in [2.24, 2.45) is 5.73 Å². The summed E-state index contributed by atoms with van der Waals surface area (Å²) in [6, 6.07) is 0.921. The molecule has 4 nitrogen and oxygen atoms in total. The van der Waals surface area contributed by atoms with Gasteiger partial charge in [0.05, 0.1) is 0 Å². The molecule has 0 aromatic rings. The van der Waals surface area contributed by atoms with Crippen LogP contribution in [-0.4, -0.2) is 36.1 Å². The zero-order valence-corrected chi connectivity index (χ0v) is 9.05. The fraction of sp³-hybridized carbons (Fsp3) is 0.889. The molecule has 0 aromatic carbocycles. The Bertz CT molecular complexity index is 204. The minimum absolute atomic E-state index is 0. The van der Waals surface area contributed by atoms with Gasteiger partial charge in [0.15, 0.2) is 0 Å². The Labute approximate surface area is 90.6 Å². The van der Waals surface area contributed by atoms with Crippen LogP contribution in [0.1, 0.15) is 25.7 Å². The molecule has 0 atom stereocenters. The van der Waals surface area contributed by atoms with Gasteiger partial charge in [-0.05, 0) is 25.7 Å². The van der Waals surface area contributed by atoms with E-state index in [0.717, 1.165) is 38.8 Å². The van der Waals surface area contributed by atoms with Crippen LogP contribution < -0.4 is 11.1 Å². The van der Waals surface area contributed by atoms with Crippen molar-refractivity contribution in [1.82, 2.24) is 10.2 Å². The van der Waals surface area contributed by atoms with Crippen molar-refractivity contribution < 1.29 is 4.79 Å². The van der Waals surface area contributed by atoms with Crippen molar-refractivity contribution in [1.29, 1.82) is 0 Å². The normalized spacial score (nSPS) is 32.4. The van der Waals surface area contributed by atoms with Gasteiger partial charge in [0.1, 0.15) is 0 Å². The quantitative estimate of drug-likeness (QED) is 0.682. The number of nitrogens with one attached hydrogen (secondary N) is 1. The highest BCUT2D eigenvalue weighted by molar-refractivity contribution is 5.85. The van der Waals surface area contributed by atoms with Gasteiger partial charge < -0.3 is 16.0 Å². The molecule has 82 valence electrons. The molecular formula is C9H18ClN3O. The maximum Gasteiger partial charge on any atom is 0.317 e. The summed E-state index contributed by atoms with van der Waals surface area (Å²) in [5, 5.41) is 2.83. The third kappa shape index (κ3) is 2.30. The molecule has 0 aromatic heterocycles. The average molecular weight is 220 g/mol. The number of halogens is 1. The maximum atomic E-state index is 11.3. The predicted octanol–water partition coefficient (Wildman–Crippen LogP) is 0.703. The Hall–Kier alpha value is -0.480. The predicted molar refractivity (Wildman–Crippen MR) is 57.6 cm³/mol. The molecule has 2 amide bonds. The lowest BCUT2D eigenvalue weighted by Crippen LogP contribution is -2.42. The lowest BCUT2D eigenvalue weighted by atomic mass is 9.91. The fourth-order valence-electron chi connectivity index (χ4n) is 2.25. The van der Waals surface area contributed by atoms with E-state index in [4.69, 9.17) is 5.73 Å². The molecule has 1 saturated heterocycles. The number of nitrogens with two attached hydrogens (primary N) is 1. The first-order valence-corrected chi connectivity index (χ1v) is 5.07. The molecule has 1 saturated carbocycles. The minimum atomic E-state index is 0. The van der Waals surface area contributed by atoms with Crippen LogP contribution in [-0.2, 0) is 0 Å². The molecule has 0 radical (unpaired) electrons.